The van der Waals surface area contributed by atoms with Crippen LogP contribution >= 0.6 is 12.4 Å². The Balaban J connectivity index is 0.00000225. The van der Waals surface area contributed by atoms with Crippen LogP contribution in [0, 0.1) is 5.82 Å². The lowest BCUT2D eigenvalue weighted by atomic mass is 10.0. The molecule has 1 aromatic rings. The molecule has 0 saturated heterocycles. The Morgan fingerprint density at radius 3 is 2.31 bits per heavy atom. The molecule has 0 amide bonds. The Labute approximate surface area is 96.4 Å². The largest absolute Gasteiger partial charge is 0.416 e. The number of nitrogens with two attached hydrogens (primary N) is 1. The van der Waals surface area contributed by atoms with Crippen LogP contribution in [0.2, 0.25) is 0 Å². The standard InChI is InChI=1S/C10H9F4N.ClH/c1-2-9(15)7-5-6(10(12,13)14)3-4-8(7)11;/h2-5,9H,1,15H2;1H/t9-;/m0./s1. The van der Waals surface area contributed by atoms with E-state index in [9.17, 15) is 17.6 Å². The molecule has 6 heteroatoms. The van der Waals surface area contributed by atoms with Gasteiger partial charge in [-0.1, -0.05) is 6.08 Å². The molecule has 0 aliphatic rings. The quantitative estimate of drug-likeness (QED) is 0.636. The second-order valence-corrected chi connectivity index (χ2v) is 3.00. The molecule has 0 aromatic heterocycles. The summed E-state index contributed by atoms with van der Waals surface area (Å²) in [4.78, 5) is 0. The van der Waals surface area contributed by atoms with Crippen LogP contribution < -0.4 is 5.73 Å². The Hall–Kier alpha value is -1.07. The molecule has 1 nitrogen and oxygen atoms in total. The second kappa shape index (κ2) is 5.32. The molecule has 0 bridgehead atoms. The summed E-state index contributed by atoms with van der Waals surface area (Å²) in [6.07, 6.45) is -3.32. The van der Waals surface area contributed by atoms with Crippen LogP contribution in [0.15, 0.2) is 30.9 Å². The first-order valence-corrected chi connectivity index (χ1v) is 4.11. The van der Waals surface area contributed by atoms with E-state index in [1.807, 2.05) is 0 Å². The van der Waals surface area contributed by atoms with E-state index in [-0.39, 0.29) is 18.0 Å². The van der Waals surface area contributed by atoms with Gasteiger partial charge in [-0.3, -0.25) is 0 Å². The number of rotatable bonds is 2. The summed E-state index contributed by atoms with van der Waals surface area (Å²) < 4.78 is 49.9. The van der Waals surface area contributed by atoms with Crippen molar-refractivity contribution < 1.29 is 17.6 Å². The van der Waals surface area contributed by atoms with Gasteiger partial charge in [-0.2, -0.15) is 13.2 Å². The molecular weight excluding hydrogens is 246 g/mol. The number of alkyl halides is 3. The monoisotopic (exact) mass is 255 g/mol. The highest BCUT2D eigenvalue weighted by molar-refractivity contribution is 5.85. The predicted octanol–water partition coefficient (Wildman–Crippen LogP) is 3.45. The van der Waals surface area contributed by atoms with Crippen LogP contribution in [0.1, 0.15) is 17.2 Å². The summed E-state index contributed by atoms with van der Waals surface area (Å²) in [5, 5.41) is 0. The van der Waals surface area contributed by atoms with Crippen molar-refractivity contribution in [2.24, 2.45) is 5.73 Å². The first kappa shape index (κ1) is 14.9. The van der Waals surface area contributed by atoms with Crippen LogP contribution in [0.5, 0.6) is 0 Å². The Kier molecular flexibility index (Phi) is 4.96. The minimum atomic E-state index is -4.50. The van der Waals surface area contributed by atoms with Gasteiger partial charge < -0.3 is 5.73 Å². The topological polar surface area (TPSA) is 26.0 Å². The highest BCUT2D eigenvalue weighted by atomic mass is 35.5. The molecule has 1 aromatic carbocycles. The highest BCUT2D eigenvalue weighted by Gasteiger charge is 2.31. The summed E-state index contributed by atoms with van der Waals surface area (Å²) in [6, 6.07) is 1.19. The number of halogens is 5. The third-order valence-electron chi connectivity index (χ3n) is 1.94. The highest BCUT2D eigenvalue weighted by Crippen LogP contribution is 2.31. The van der Waals surface area contributed by atoms with Gasteiger partial charge in [-0.25, -0.2) is 4.39 Å². The summed E-state index contributed by atoms with van der Waals surface area (Å²) in [5.74, 6) is -0.768. The lowest BCUT2D eigenvalue weighted by Gasteiger charge is -2.12. The van der Waals surface area contributed by atoms with Crippen LogP contribution in [0.4, 0.5) is 17.6 Å². The summed E-state index contributed by atoms with van der Waals surface area (Å²) in [7, 11) is 0. The zero-order chi connectivity index (χ0) is 11.6. The van der Waals surface area contributed by atoms with Crippen molar-refractivity contribution in [1.82, 2.24) is 0 Å². The first-order valence-electron chi connectivity index (χ1n) is 4.11. The molecule has 0 radical (unpaired) electrons. The minimum Gasteiger partial charge on any atom is -0.321 e. The van der Waals surface area contributed by atoms with E-state index in [2.05, 4.69) is 6.58 Å². The van der Waals surface area contributed by atoms with Crippen molar-refractivity contribution in [3.05, 3.63) is 47.8 Å². The van der Waals surface area contributed by atoms with E-state index in [1.165, 1.54) is 6.08 Å². The fourth-order valence-electron chi connectivity index (χ4n) is 1.10. The average Bonchev–Trinajstić information content (AvgIpc) is 2.15. The number of hydrogen-bond donors (Lipinski definition) is 1. The van der Waals surface area contributed by atoms with E-state index >= 15 is 0 Å². The van der Waals surface area contributed by atoms with Crippen molar-refractivity contribution in [1.29, 1.82) is 0 Å². The van der Waals surface area contributed by atoms with Gasteiger partial charge in [0.2, 0.25) is 0 Å². The lowest BCUT2D eigenvalue weighted by molar-refractivity contribution is -0.137. The zero-order valence-corrected chi connectivity index (χ0v) is 8.91. The molecule has 90 valence electrons. The first-order chi connectivity index (χ1) is 6.86. The van der Waals surface area contributed by atoms with E-state index in [0.717, 1.165) is 6.07 Å². The molecular formula is C10H10ClF4N. The number of hydrogen-bond acceptors (Lipinski definition) is 1. The second-order valence-electron chi connectivity index (χ2n) is 3.00. The summed E-state index contributed by atoms with van der Waals surface area (Å²) in [5.41, 5.74) is 4.25. The molecule has 0 fully saturated rings. The molecule has 2 N–H and O–H groups in total. The van der Waals surface area contributed by atoms with Crippen molar-refractivity contribution in [2.75, 3.05) is 0 Å². The Morgan fingerprint density at radius 1 is 1.31 bits per heavy atom. The lowest BCUT2D eigenvalue weighted by Crippen LogP contribution is -2.12. The molecule has 0 aliphatic heterocycles. The van der Waals surface area contributed by atoms with Crippen LogP contribution in [0.25, 0.3) is 0 Å². The molecule has 1 rings (SSSR count). The van der Waals surface area contributed by atoms with Crippen LogP contribution in [-0.4, -0.2) is 0 Å². The normalized spacial score (nSPS) is 12.8. The van der Waals surface area contributed by atoms with Gasteiger partial charge >= 0.3 is 6.18 Å². The summed E-state index contributed by atoms with van der Waals surface area (Å²) in [6.45, 7) is 3.30. The van der Waals surface area contributed by atoms with Gasteiger partial charge in [0.25, 0.3) is 0 Å². The number of benzene rings is 1. The van der Waals surface area contributed by atoms with Crippen molar-refractivity contribution in [2.45, 2.75) is 12.2 Å². The molecule has 0 unspecified atom stereocenters. The van der Waals surface area contributed by atoms with Gasteiger partial charge in [-0.15, -0.1) is 19.0 Å². The maximum absolute atomic E-state index is 13.1. The van der Waals surface area contributed by atoms with E-state index in [0.29, 0.717) is 12.1 Å². The average molecular weight is 256 g/mol. The SMILES string of the molecule is C=C[C@H](N)c1cc(C(F)(F)F)ccc1F.Cl. The molecule has 16 heavy (non-hydrogen) atoms. The third kappa shape index (κ3) is 3.21. The van der Waals surface area contributed by atoms with Gasteiger partial charge in [-0.05, 0) is 18.2 Å². The van der Waals surface area contributed by atoms with Crippen LogP contribution in [0.3, 0.4) is 0 Å². The molecule has 0 heterocycles. The Bertz CT molecular complexity index is 376. The van der Waals surface area contributed by atoms with Gasteiger partial charge in [0.15, 0.2) is 0 Å². The third-order valence-corrected chi connectivity index (χ3v) is 1.94. The molecule has 0 spiro atoms. The molecule has 0 aliphatic carbocycles. The minimum absolute atomic E-state index is 0. The fraction of sp³-hybridized carbons (Fsp3) is 0.200. The fourth-order valence-corrected chi connectivity index (χ4v) is 1.10. The van der Waals surface area contributed by atoms with E-state index < -0.39 is 23.6 Å². The maximum atomic E-state index is 13.1. The van der Waals surface area contributed by atoms with Crippen LogP contribution in [-0.2, 0) is 6.18 Å². The molecule has 0 saturated carbocycles. The Morgan fingerprint density at radius 2 is 1.88 bits per heavy atom. The maximum Gasteiger partial charge on any atom is 0.416 e. The predicted molar refractivity (Wildman–Crippen MR) is 55.8 cm³/mol. The van der Waals surface area contributed by atoms with Gasteiger partial charge in [0.1, 0.15) is 5.82 Å². The van der Waals surface area contributed by atoms with Gasteiger partial charge in [0.05, 0.1) is 11.6 Å². The van der Waals surface area contributed by atoms with Gasteiger partial charge in [0, 0.05) is 5.56 Å². The van der Waals surface area contributed by atoms with Crippen molar-refractivity contribution >= 4 is 12.4 Å². The summed E-state index contributed by atoms with van der Waals surface area (Å²) >= 11 is 0. The molecule has 1 atom stereocenters. The smallest absolute Gasteiger partial charge is 0.321 e. The van der Waals surface area contributed by atoms with E-state index in [4.69, 9.17) is 5.73 Å². The van der Waals surface area contributed by atoms with Crippen molar-refractivity contribution in [3.8, 4) is 0 Å². The van der Waals surface area contributed by atoms with Crippen molar-refractivity contribution in [3.63, 3.8) is 0 Å². The van der Waals surface area contributed by atoms with E-state index in [1.54, 1.807) is 0 Å². The zero-order valence-electron chi connectivity index (χ0n) is 8.09.